The van der Waals surface area contributed by atoms with Crippen LogP contribution in [0.1, 0.15) is 15.9 Å². The maximum atomic E-state index is 12.4. The quantitative estimate of drug-likeness (QED) is 0.737. The van der Waals surface area contributed by atoms with E-state index in [9.17, 15) is 4.79 Å². The summed E-state index contributed by atoms with van der Waals surface area (Å²) in [6.45, 7) is 0.874. The first-order valence-corrected chi connectivity index (χ1v) is 8.23. The maximum absolute atomic E-state index is 12.4. The highest BCUT2D eigenvalue weighted by atomic mass is 16.7. The fourth-order valence-electron chi connectivity index (χ4n) is 2.60. The number of pyridine rings is 1. The minimum atomic E-state index is -0.227. The Balaban J connectivity index is 1.37. The fraction of sp³-hybridized carbons (Fsp3) is 0.100. The van der Waals surface area contributed by atoms with Crippen LogP contribution in [0, 0.1) is 0 Å². The van der Waals surface area contributed by atoms with E-state index < -0.39 is 0 Å². The van der Waals surface area contributed by atoms with Crippen molar-refractivity contribution in [2.75, 3.05) is 17.4 Å². The molecule has 0 atom stereocenters. The molecule has 1 aliphatic heterocycles. The lowest BCUT2D eigenvalue weighted by molar-refractivity contribution is 0.102. The summed E-state index contributed by atoms with van der Waals surface area (Å²) >= 11 is 0. The van der Waals surface area contributed by atoms with Crippen molar-refractivity contribution in [3.63, 3.8) is 0 Å². The third kappa shape index (κ3) is 3.59. The summed E-state index contributed by atoms with van der Waals surface area (Å²) in [5.74, 6) is 1.75. The summed E-state index contributed by atoms with van der Waals surface area (Å²) in [4.78, 5) is 16.7. The Kier molecular flexibility index (Phi) is 4.38. The number of nitrogens with one attached hydrogen (secondary N) is 2. The number of rotatable bonds is 5. The standard InChI is InChI=1S/C20H17N3O3/c24-20(15-6-8-17-18(10-15)26-13-25-17)23-16-7-9-19(22-12-16)21-11-14-4-2-1-3-5-14/h1-10,12H,11,13H2,(H,21,22)(H,23,24). The minimum Gasteiger partial charge on any atom is -0.454 e. The smallest absolute Gasteiger partial charge is 0.255 e. The molecule has 0 aliphatic carbocycles. The van der Waals surface area contributed by atoms with E-state index in [2.05, 4.69) is 15.6 Å². The van der Waals surface area contributed by atoms with Gasteiger partial charge in [0.05, 0.1) is 11.9 Å². The minimum absolute atomic E-state index is 0.182. The molecule has 0 saturated heterocycles. The zero-order chi connectivity index (χ0) is 17.8. The van der Waals surface area contributed by atoms with Crippen LogP contribution in [0.3, 0.4) is 0 Å². The number of aromatic nitrogens is 1. The van der Waals surface area contributed by atoms with E-state index in [1.165, 1.54) is 5.56 Å². The lowest BCUT2D eigenvalue weighted by Crippen LogP contribution is -2.12. The summed E-state index contributed by atoms with van der Waals surface area (Å²) in [5, 5.41) is 6.07. The molecule has 1 amide bonds. The number of ether oxygens (including phenoxy) is 2. The molecular formula is C20H17N3O3. The molecule has 2 N–H and O–H groups in total. The number of fused-ring (bicyclic) bond motifs is 1. The number of anilines is 2. The van der Waals surface area contributed by atoms with Gasteiger partial charge in [-0.2, -0.15) is 0 Å². The molecule has 0 saturated carbocycles. The Labute approximate surface area is 150 Å². The Bertz CT molecular complexity index is 911. The monoisotopic (exact) mass is 347 g/mol. The van der Waals surface area contributed by atoms with E-state index in [-0.39, 0.29) is 12.7 Å². The van der Waals surface area contributed by atoms with E-state index in [1.807, 2.05) is 42.5 Å². The topological polar surface area (TPSA) is 72.5 Å². The molecule has 1 aliphatic rings. The molecule has 3 aromatic rings. The number of carbonyl (C=O) groups is 1. The molecule has 0 fully saturated rings. The fourth-order valence-corrected chi connectivity index (χ4v) is 2.60. The van der Waals surface area contributed by atoms with Gasteiger partial charge in [0.25, 0.3) is 5.91 Å². The zero-order valence-electron chi connectivity index (χ0n) is 13.9. The van der Waals surface area contributed by atoms with E-state index >= 15 is 0 Å². The van der Waals surface area contributed by atoms with Crippen molar-refractivity contribution in [1.82, 2.24) is 4.98 Å². The summed E-state index contributed by atoms with van der Waals surface area (Å²) in [6.07, 6.45) is 1.62. The van der Waals surface area contributed by atoms with Crippen LogP contribution in [0.2, 0.25) is 0 Å². The van der Waals surface area contributed by atoms with Gasteiger partial charge in [-0.05, 0) is 35.9 Å². The molecule has 0 radical (unpaired) electrons. The van der Waals surface area contributed by atoms with Crippen molar-refractivity contribution < 1.29 is 14.3 Å². The van der Waals surface area contributed by atoms with Gasteiger partial charge < -0.3 is 20.1 Å². The van der Waals surface area contributed by atoms with Gasteiger partial charge in [0.2, 0.25) is 6.79 Å². The lowest BCUT2D eigenvalue weighted by atomic mass is 10.2. The number of benzene rings is 2. The van der Waals surface area contributed by atoms with Crippen LogP contribution in [0.15, 0.2) is 66.9 Å². The van der Waals surface area contributed by atoms with Crippen molar-refractivity contribution in [2.24, 2.45) is 0 Å². The van der Waals surface area contributed by atoms with Gasteiger partial charge in [0, 0.05) is 12.1 Å². The second kappa shape index (κ2) is 7.14. The zero-order valence-corrected chi connectivity index (χ0v) is 13.9. The van der Waals surface area contributed by atoms with Crippen molar-refractivity contribution in [3.05, 3.63) is 78.0 Å². The summed E-state index contributed by atoms with van der Waals surface area (Å²) in [7, 11) is 0. The Morgan fingerprint density at radius 2 is 1.85 bits per heavy atom. The van der Waals surface area contributed by atoms with Crippen LogP contribution in [0.5, 0.6) is 11.5 Å². The first kappa shape index (κ1) is 16.0. The van der Waals surface area contributed by atoms with E-state index in [1.54, 1.807) is 24.4 Å². The van der Waals surface area contributed by atoms with Crippen molar-refractivity contribution >= 4 is 17.4 Å². The van der Waals surface area contributed by atoms with Gasteiger partial charge >= 0.3 is 0 Å². The highest BCUT2D eigenvalue weighted by Crippen LogP contribution is 2.32. The first-order chi connectivity index (χ1) is 12.8. The third-order valence-electron chi connectivity index (χ3n) is 3.97. The van der Waals surface area contributed by atoms with Gasteiger partial charge in [-0.25, -0.2) is 4.98 Å². The molecule has 0 unspecified atom stereocenters. The molecule has 130 valence electrons. The van der Waals surface area contributed by atoms with Gasteiger partial charge in [-0.3, -0.25) is 4.79 Å². The van der Waals surface area contributed by atoms with Crippen molar-refractivity contribution in [3.8, 4) is 11.5 Å². The number of nitrogens with zero attached hydrogens (tertiary/aromatic N) is 1. The molecule has 0 bridgehead atoms. The van der Waals surface area contributed by atoms with Crippen molar-refractivity contribution in [2.45, 2.75) is 6.54 Å². The maximum Gasteiger partial charge on any atom is 0.255 e. The van der Waals surface area contributed by atoms with Crippen molar-refractivity contribution in [1.29, 1.82) is 0 Å². The molecule has 2 aromatic carbocycles. The van der Waals surface area contributed by atoms with Gasteiger partial charge in [0.1, 0.15) is 5.82 Å². The van der Waals surface area contributed by atoms with Crippen LogP contribution in [-0.2, 0) is 6.54 Å². The molecule has 4 rings (SSSR count). The van der Waals surface area contributed by atoms with Crippen LogP contribution >= 0.6 is 0 Å². The van der Waals surface area contributed by atoms with Gasteiger partial charge in [0.15, 0.2) is 11.5 Å². The molecule has 0 spiro atoms. The number of hydrogen-bond acceptors (Lipinski definition) is 5. The second-order valence-electron chi connectivity index (χ2n) is 5.79. The first-order valence-electron chi connectivity index (χ1n) is 8.23. The van der Waals surface area contributed by atoms with E-state index in [0.717, 1.165) is 5.82 Å². The molecule has 26 heavy (non-hydrogen) atoms. The molecule has 2 heterocycles. The average Bonchev–Trinajstić information content (AvgIpc) is 3.16. The predicted octanol–water partition coefficient (Wildman–Crippen LogP) is 3.67. The lowest BCUT2D eigenvalue weighted by Gasteiger charge is -2.08. The third-order valence-corrected chi connectivity index (χ3v) is 3.97. The highest BCUT2D eigenvalue weighted by Gasteiger charge is 2.16. The number of hydrogen-bond donors (Lipinski definition) is 2. The summed E-state index contributed by atoms with van der Waals surface area (Å²) in [6, 6.07) is 18.8. The van der Waals surface area contributed by atoms with Gasteiger partial charge in [-0.15, -0.1) is 0 Å². The summed E-state index contributed by atoms with van der Waals surface area (Å²) < 4.78 is 10.5. The van der Waals surface area contributed by atoms with Gasteiger partial charge in [-0.1, -0.05) is 30.3 Å². The Morgan fingerprint density at radius 3 is 2.65 bits per heavy atom. The Hall–Kier alpha value is -3.54. The largest absolute Gasteiger partial charge is 0.454 e. The predicted molar refractivity (Wildman–Crippen MR) is 98.5 cm³/mol. The van der Waals surface area contributed by atoms with Crippen LogP contribution in [0.25, 0.3) is 0 Å². The SMILES string of the molecule is O=C(Nc1ccc(NCc2ccccc2)nc1)c1ccc2c(c1)OCO2. The number of carbonyl (C=O) groups excluding carboxylic acids is 1. The van der Waals surface area contributed by atoms with Crippen LogP contribution < -0.4 is 20.1 Å². The highest BCUT2D eigenvalue weighted by molar-refractivity contribution is 6.04. The summed E-state index contributed by atoms with van der Waals surface area (Å²) in [5.41, 5.74) is 2.30. The van der Waals surface area contributed by atoms with E-state index in [0.29, 0.717) is 29.3 Å². The number of amides is 1. The molecule has 1 aromatic heterocycles. The normalized spacial score (nSPS) is 11.8. The molecular weight excluding hydrogens is 330 g/mol. The molecule has 6 nitrogen and oxygen atoms in total. The molecule has 6 heteroatoms. The average molecular weight is 347 g/mol. The second-order valence-corrected chi connectivity index (χ2v) is 5.79. The van der Waals surface area contributed by atoms with Crippen LogP contribution in [-0.4, -0.2) is 17.7 Å². The Morgan fingerprint density at radius 1 is 1.00 bits per heavy atom. The van der Waals surface area contributed by atoms with E-state index in [4.69, 9.17) is 9.47 Å². The van der Waals surface area contributed by atoms with Crippen LogP contribution in [0.4, 0.5) is 11.5 Å².